The number of nitrogens with one attached hydrogen (secondary N) is 2. The van der Waals surface area contributed by atoms with E-state index in [9.17, 15) is 15.0 Å². The Morgan fingerprint density at radius 2 is 1.90 bits per heavy atom. The zero-order chi connectivity index (χ0) is 28.5. The van der Waals surface area contributed by atoms with Crippen LogP contribution < -0.4 is 20.1 Å². The number of fused-ring (bicyclic) bond motifs is 2. The average molecular weight is 561 g/mol. The highest BCUT2D eigenvalue weighted by molar-refractivity contribution is 5.95. The SMILES string of the molecule is COc1cc(OC)cc(C(=O)NC2C(O)[C@@H](CO)O[C@H]2n2cnc3c(NC4CCCc5ccccc54)ncnc32)c1. The molecule has 1 aliphatic carbocycles. The molecule has 1 saturated heterocycles. The number of benzene rings is 2. The van der Waals surface area contributed by atoms with Crippen LogP contribution in [0.1, 0.15) is 46.6 Å². The van der Waals surface area contributed by atoms with Crippen molar-refractivity contribution in [3.63, 3.8) is 0 Å². The number of hydrogen-bond donors (Lipinski definition) is 4. The van der Waals surface area contributed by atoms with E-state index in [4.69, 9.17) is 14.2 Å². The standard InChI is InChI=1S/C29H32N6O6/c1-39-18-10-17(11-19(12-18)40-2)28(38)34-23-25(37)22(13-36)41-29(23)35-15-32-24-26(30-14-31-27(24)35)33-21-9-5-7-16-6-3-4-8-20(16)21/h3-4,6,8,10-12,14-15,21-23,25,29,36-37H,5,7,9,13H2,1-2H3,(H,34,38)(H,30,31,33)/t21?,22-,23?,25?,29-/m1/s1. The van der Waals surface area contributed by atoms with Gasteiger partial charge in [-0.25, -0.2) is 15.0 Å². The van der Waals surface area contributed by atoms with Crippen LogP contribution in [0.2, 0.25) is 0 Å². The molecule has 4 N–H and O–H groups in total. The summed E-state index contributed by atoms with van der Waals surface area (Å²) in [6.45, 7) is -0.438. The summed E-state index contributed by atoms with van der Waals surface area (Å²) in [5.74, 6) is 0.994. The highest BCUT2D eigenvalue weighted by atomic mass is 16.5. The maximum absolute atomic E-state index is 13.3. The first-order valence-corrected chi connectivity index (χ1v) is 13.5. The number of aliphatic hydroxyl groups excluding tert-OH is 2. The van der Waals surface area contributed by atoms with Gasteiger partial charge in [0.1, 0.15) is 36.1 Å². The van der Waals surface area contributed by atoms with Gasteiger partial charge in [-0.2, -0.15) is 0 Å². The number of nitrogens with zero attached hydrogens (tertiary/aromatic N) is 4. The highest BCUT2D eigenvalue weighted by Gasteiger charge is 2.46. The van der Waals surface area contributed by atoms with Crippen LogP contribution in [0.25, 0.3) is 11.2 Å². The Bertz CT molecular complexity index is 1540. The van der Waals surface area contributed by atoms with Gasteiger partial charge >= 0.3 is 0 Å². The summed E-state index contributed by atoms with van der Waals surface area (Å²) in [6.07, 6.45) is 3.04. The number of rotatable bonds is 8. The zero-order valence-corrected chi connectivity index (χ0v) is 22.7. The Morgan fingerprint density at radius 3 is 2.66 bits per heavy atom. The van der Waals surface area contributed by atoms with Gasteiger partial charge in [0, 0.05) is 11.6 Å². The number of hydrogen-bond acceptors (Lipinski definition) is 10. The smallest absolute Gasteiger partial charge is 0.252 e. The fourth-order valence-corrected chi connectivity index (χ4v) is 5.68. The van der Waals surface area contributed by atoms with Gasteiger partial charge in [0.05, 0.1) is 33.2 Å². The third-order valence-corrected chi connectivity index (χ3v) is 7.77. The van der Waals surface area contributed by atoms with Crippen LogP contribution in [0.3, 0.4) is 0 Å². The molecule has 1 fully saturated rings. The number of methoxy groups -OCH3 is 2. The van der Waals surface area contributed by atoms with Crippen molar-refractivity contribution in [3.05, 3.63) is 71.8 Å². The van der Waals surface area contributed by atoms with Crippen LogP contribution in [-0.2, 0) is 11.2 Å². The van der Waals surface area contributed by atoms with E-state index in [0.29, 0.717) is 28.5 Å². The summed E-state index contributed by atoms with van der Waals surface area (Å²) in [6, 6.07) is 12.3. The number of carbonyl (C=O) groups excluding carboxylic acids is 1. The maximum atomic E-state index is 13.3. The second-order valence-electron chi connectivity index (χ2n) is 10.2. The van der Waals surface area contributed by atoms with Crippen molar-refractivity contribution in [2.24, 2.45) is 0 Å². The zero-order valence-electron chi connectivity index (χ0n) is 22.7. The van der Waals surface area contributed by atoms with Crippen molar-refractivity contribution in [2.45, 2.75) is 49.8 Å². The van der Waals surface area contributed by atoms with E-state index >= 15 is 0 Å². The van der Waals surface area contributed by atoms with Gasteiger partial charge in [0.25, 0.3) is 5.91 Å². The third-order valence-electron chi connectivity index (χ3n) is 7.77. The number of aromatic nitrogens is 4. The number of anilines is 1. The Kier molecular flexibility index (Phi) is 7.43. The van der Waals surface area contributed by atoms with E-state index in [-0.39, 0.29) is 11.6 Å². The monoisotopic (exact) mass is 560 g/mol. The largest absolute Gasteiger partial charge is 0.497 e. The van der Waals surface area contributed by atoms with E-state index in [1.165, 1.54) is 31.7 Å². The molecule has 4 aromatic rings. The van der Waals surface area contributed by atoms with Crippen LogP contribution in [0.5, 0.6) is 11.5 Å². The van der Waals surface area contributed by atoms with Crippen LogP contribution in [0.15, 0.2) is 55.1 Å². The quantitative estimate of drug-likeness (QED) is 0.253. The molecule has 0 saturated carbocycles. The molecule has 41 heavy (non-hydrogen) atoms. The molecule has 0 spiro atoms. The number of carbonyl (C=O) groups is 1. The number of aliphatic hydroxyl groups is 2. The molecule has 214 valence electrons. The number of ether oxygens (including phenoxy) is 3. The summed E-state index contributed by atoms with van der Waals surface area (Å²) in [4.78, 5) is 26.8. The van der Waals surface area contributed by atoms with Gasteiger partial charge in [-0.3, -0.25) is 9.36 Å². The summed E-state index contributed by atoms with van der Waals surface area (Å²) in [7, 11) is 2.99. The predicted molar refractivity (Wildman–Crippen MR) is 149 cm³/mol. The third kappa shape index (κ3) is 5.05. The topological polar surface area (TPSA) is 153 Å². The van der Waals surface area contributed by atoms with Crippen molar-refractivity contribution in [2.75, 3.05) is 26.1 Å². The molecule has 2 aliphatic rings. The second-order valence-corrected chi connectivity index (χ2v) is 10.2. The van der Waals surface area contributed by atoms with Crippen molar-refractivity contribution >= 4 is 22.9 Å². The van der Waals surface area contributed by atoms with Crippen molar-refractivity contribution in [1.82, 2.24) is 24.8 Å². The van der Waals surface area contributed by atoms with Crippen molar-refractivity contribution < 1.29 is 29.2 Å². The minimum atomic E-state index is -1.20. The fourth-order valence-electron chi connectivity index (χ4n) is 5.68. The molecule has 6 rings (SSSR count). The Morgan fingerprint density at radius 1 is 1.12 bits per heavy atom. The summed E-state index contributed by atoms with van der Waals surface area (Å²) in [5, 5.41) is 27.3. The lowest BCUT2D eigenvalue weighted by Crippen LogP contribution is -2.46. The van der Waals surface area contributed by atoms with Gasteiger partial charge in [-0.1, -0.05) is 24.3 Å². The summed E-state index contributed by atoms with van der Waals surface area (Å²) < 4.78 is 18.2. The van der Waals surface area contributed by atoms with E-state index < -0.39 is 37.0 Å². The van der Waals surface area contributed by atoms with Gasteiger partial charge in [-0.15, -0.1) is 0 Å². The molecule has 5 atom stereocenters. The summed E-state index contributed by atoms with van der Waals surface area (Å²) >= 11 is 0. The predicted octanol–water partition coefficient (Wildman–Crippen LogP) is 2.38. The molecule has 0 bridgehead atoms. The van der Waals surface area contributed by atoms with Gasteiger partial charge in [0.2, 0.25) is 0 Å². The van der Waals surface area contributed by atoms with Crippen LogP contribution in [0.4, 0.5) is 5.82 Å². The number of amides is 1. The van der Waals surface area contributed by atoms with Crippen molar-refractivity contribution in [3.8, 4) is 11.5 Å². The lowest BCUT2D eigenvalue weighted by molar-refractivity contribution is -0.0440. The highest BCUT2D eigenvalue weighted by Crippen LogP contribution is 2.36. The van der Waals surface area contributed by atoms with E-state index in [0.717, 1.165) is 19.3 Å². The Hall–Kier alpha value is -4.26. The fraction of sp³-hybridized carbons (Fsp3) is 0.379. The van der Waals surface area contributed by atoms with Gasteiger partial charge in [-0.05, 0) is 42.5 Å². The number of imidazole rings is 1. The minimum Gasteiger partial charge on any atom is -0.497 e. The minimum absolute atomic E-state index is 0.0819. The second kappa shape index (κ2) is 11.3. The first-order valence-electron chi connectivity index (χ1n) is 13.5. The van der Waals surface area contributed by atoms with Crippen molar-refractivity contribution in [1.29, 1.82) is 0 Å². The number of aryl methyl sites for hydroxylation is 1. The first-order chi connectivity index (χ1) is 20.0. The normalized spacial score (nSPS) is 23.7. The molecule has 2 aromatic carbocycles. The van der Waals surface area contributed by atoms with E-state index in [1.807, 2.05) is 6.07 Å². The Balaban J connectivity index is 1.30. The van der Waals surface area contributed by atoms with Crippen LogP contribution in [-0.4, -0.2) is 74.7 Å². The molecule has 12 nitrogen and oxygen atoms in total. The molecule has 1 aliphatic heterocycles. The lowest BCUT2D eigenvalue weighted by Gasteiger charge is -2.26. The van der Waals surface area contributed by atoms with E-state index in [2.05, 4.69) is 43.8 Å². The maximum Gasteiger partial charge on any atom is 0.252 e. The van der Waals surface area contributed by atoms with Gasteiger partial charge in [0.15, 0.2) is 23.2 Å². The van der Waals surface area contributed by atoms with E-state index in [1.54, 1.807) is 29.1 Å². The molecular formula is C29H32N6O6. The Labute approximate surface area is 236 Å². The van der Waals surface area contributed by atoms with Crippen LogP contribution in [0, 0.1) is 0 Å². The van der Waals surface area contributed by atoms with Gasteiger partial charge < -0.3 is 35.1 Å². The molecule has 2 aromatic heterocycles. The lowest BCUT2D eigenvalue weighted by atomic mass is 9.88. The molecule has 0 radical (unpaired) electrons. The molecule has 12 heteroatoms. The average Bonchev–Trinajstić information content (AvgIpc) is 3.58. The first kappa shape index (κ1) is 26.9. The molecular weight excluding hydrogens is 528 g/mol. The molecule has 3 heterocycles. The summed E-state index contributed by atoms with van der Waals surface area (Å²) in [5.41, 5.74) is 3.84. The molecule has 3 unspecified atom stereocenters. The van der Waals surface area contributed by atoms with Crippen LogP contribution >= 0.6 is 0 Å². The molecule has 1 amide bonds.